The van der Waals surface area contributed by atoms with Crippen molar-refractivity contribution in [3.63, 3.8) is 0 Å². The molecule has 1 heterocycles. The monoisotopic (exact) mass is 242 g/mol. The quantitative estimate of drug-likeness (QED) is 0.762. The van der Waals surface area contributed by atoms with E-state index in [1.54, 1.807) is 7.05 Å². The number of carbonyl (C=O) groups excluding carboxylic acids is 1. The number of carbonyl (C=O) groups is 1. The number of amides is 1. The molecule has 0 atom stereocenters. The third-order valence-electron chi connectivity index (χ3n) is 3.33. The molecule has 1 saturated heterocycles. The maximum absolute atomic E-state index is 11.2. The minimum Gasteiger partial charge on any atom is -0.379 e. The van der Waals surface area contributed by atoms with Crippen LogP contribution in [0.5, 0.6) is 0 Å². The fourth-order valence-corrected chi connectivity index (χ4v) is 2.19. The summed E-state index contributed by atoms with van der Waals surface area (Å²) < 4.78 is 5.58. The van der Waals surface area contributed by atoms with E-state index in [0.717, 1.165) is 32.0 Å². The highest BCUT2D eigenvalue weighted by molar-refractivity contribution is 5.77. The van der Waals surface area contributed by atoms with E-state index in [1.807, 2.05) is 0 Å². The Labute approximate surface area is 105 Å². The molecule has 0 saturated carbocycles. The lowest BCUT2D eigenvalue weighted by atomic mass is 9.94. The Kier molecular flexibility index (Phi) is 6.52. The van der Waals surface area contributed by atoms with Gasteiger partial charge in [-0.1, -0.05) is 0 Å². The van der Waals surface area contributed by atoms with E-state index in [4.69, 9.17) is 4.74 Å². The second kappa shape index (κ2) is 7.67. The number of nitrogens with zero attached hydrogens (tertiary/aromatic N) is 1. The maximum Gasteiger partial charge on any atom is 0.233 e. The average molecular weight is 242 g/mol. The highest BCUT2D eigenvalue weighted by atomic mass is 16.5. The van der Waals surface area contributed by atoms with Crippen LogP contribution in [-0.4, -0.2) is 50.2 Å². The summed E-state index contributed by atoms with van der Waals surface area (Å²) in [5.41, 5.74) is 0. The normalized spacial score (nSPS) is 18.6. The molecule has 1 amide bonds. The van der Waals surface area contributed by atoms with Gasteiger partial charge in [0.15, 0.2) is 0 Å². The van der Waals surface area contributed by atoms with Crippen LogP contribution in [0.25, 0.3) is 0 Å². The van der Waals surface area contributed by atoms with Gasteiger partial charge in [-0.05, 0) is 52.1 Å². The van der Waals surface area contributed by atoms with Crippen LogP contribution >= 0.6 is 0 Å². The molecule has 0 aromatic heterocycles. The van der Waals surface area contributed by atoms with Crippen molar-refractivity contribution < 1.29 is 9.53 Å². The molecule has 1 rings (SSSR count). The third-order valence-corrected chi connectivity index (χ3v) is 3.33. The molecule has 1 aliphatic rings. The summed E-state index contributed by atoms with van der Waals surface area (Å²) in [6.07, 6.45) is 3.88. The van der Waals surface area contributed by atoms with Crippen LogP contribution in [0, 0.1) is 5.92 Å². The van der Waals surface area contributed by atoms with Crippen molar-refractivity contribution in [2.45, 2.75) is 39.2 Å². The van der Waals surface area contributed by atoms with Crippen molar-refractivity contribution in [3.8, 4) is 0 Å². The SMILES string of the molecule is CNC(=O)CN1CCC(CCOC(C)C)CC1. The molecule has 0 spiro atoms. The first kappa shape index (κ1) is 14.5. The van der Waals surface area contributed by atoms with Gasteiger partial charge in [-0.25, -0.2) is 0 Å². The number of nitrogens with one attached hydrogen (secondary N) is 1. The van der Waals surface area contributed by atoms with Crippen molar-refractivity contribution in [2.75, 3.05) is 33.3 Å². The number of hydrogen-bond acceptors (Lipinski definition) is 3. The topological polar surface area (TPSA) is 41.6 Å². The summed E-state index contributed by atoms with van der Waals surface area (Å²) in [7, 11) is 1.69. The Morgan fingerprint density at radius 2 is 2.06 bits per heavy atom. The van der Waals surface area contributed by atoms with Crippen LogP contribution in [0.1, 0.15) is 33.1 Å². The Balaban J connectivity index is 2.11. The largest absolute Gasteiger partial charge is 0.379 e. The summed E-state index contributed by atoms with van der Waals surface area (Å²) in [5.74, 6) is 0.890. The van der Waals surface area contributed by atoms with Gasteiger partial charge in [-0.3, -0.25) is 9.69 Å². The molecule has 4 nitrogen and oxygen atoms in total. The predicted molar refractivity (Wildman–Crippen MR) is 68.9 cm³/mol. The van der Waals surface area contributed by atoms with Gasteiger partial charge in [0.25, 0.3) is 0 Å². The molecule has 0 aromatic rings. The zero-order valence-electron chi connectivity index (χ0n) is 11.4. The summed E-state index contributed by atoms with van der Waals surface area (Å²) in [6.45, 7) is 7.65. The zero-order chi connectivity index (χ0) is 12.7. The summed E-state index contributed by atoms with van der Waals surface area (Å²) in [5, 5.41) is 2.67. The van der Waals surface area contributed by atoms with Gasteiger partial charge in [0.2, 0.25) is 5.91 Å². The van der Waals surface area contributed by atoms with Crippen molar-refractivity contribution in [1.29, 1.82) is 0 Å². The smallest absolute Gasteiger partial charge is 0.233 e. The molecule has 17 heavy (non-hydrogen) atoms. The Morgan fingerprint density at radius 3 is 2.59 bits per heavy atom. The zero-order valence-corrected chi connectivity index (χ0v) is 11.4. The lowest BCUT2D eigenvalue weighted by molar-refractivity contribution is -0.122. The van der Waals surface area contributed by atoms with Gasteiger partial charge in [0, 0.05) is 13.7 Å². The lowest BCUT2D eigenvalue weighted by Crippen LogP contribution is -2.40. The van der Waals surface area contributed by atoms with Crippen LogP contribution < -0.4 is 5.32 Å². The highest BCUT2D eigenvalue weighted by Gasteiger charge is 2.20. The van der Waals surface area contributed by atoms with Crippen LogP contribution in [0.4, 0.5) is 0 Å². The molecule has 0 aromatic carbocycles. The number of likely N-dealkylation sites (tertiary alicyclic amines) is 1. The third kappa shape index (κ3) is 6.03. The van der Waals surface area contributed by atoms with Crippen LogP contribution in [0.3, 0.4) is 0 Å². The molecule has 0 radical (unpaired) electrons. The minimum absolute atomic E-state index is 0.117. The first-order chi connectivity index (χ1) is 8.11. The Hall–Kier alpha value is -0.610. The van der Waals surface area contributed by atoms with Crippen molar-refractivity contribution in [1.82, 2.24) is 10.2 Å². The first-order valence-electron chi connectivity index (χ1n) is 6.66. The number of rotatable bonds is 6. The second-order valence-electron chi connectivity index (χ2n) is 5.10. The van der Waals surface area contributed by atoms with E-state index in [0.29, 0.717) is 12.6 Å². The number of likely N-dealkylation sites (N-methyl/N-ethyl adjacent to an activating group) is 1. The molecule has 1 N–H and O–H groups in total. The second-order valence-corrected chi connectivity index (χ2v) is 5.10. The molecule has 4 heteroatoms. The van der Waals surface area contributed by atoms with Crippen molar-refractivity contribution in [2.24, 2.45) is 5.92 Å². The van der Waals surface area contributed by atoms with Crippen LogP contribution in [-0.2, 0) is 9.53 Å². The lowest BCUT2D eigenvalue weighted by Gasteiger charge is -2.31. The fraction of sp³-hybridized carbons (Fsp3) is 0.923. The standard InChI is InChI=1S/C13H26N2O2/c1-11(2)17-9-6-12-4-7-15(8-5-12)10-13(16)14-3/h11-12H,4-10H2,1-3H3,(H,14,16). The van der Waals surface area contributed by atoms with E-state index in [-0.39, 0.29) is 5.91 Å². The molecule has 100 valence electrons. The van der Waals surface area contributed by atoms with Gasteiger partial charge < -0.3 is 10.1 Å². The van der Waals surface area contributed by atoms with Crippen LogP contribution in [0.2, 0.25) is 0 Å². The minimum atomic E-state index is 0.117. The predicted octanol–water partition coefficient (Wildman–Crippen LogP) is 1.26. The van der Waals surface area contributed by atoms with Gasteiger partial charge in [-0.2, -0.15) is 0 Å². The van der Waals surface area contributed by atoms with E-state index in [9.17, 15) is 4.79 Å². The summed E-state index contributed by atoms with van der Waals surface area (Å²) in [6, 6.07) is 0. The van der Waals surface area contributed by atoms with Gasteiger partial charge in [-0.15, -0.1) is 0 Å². The van der Waals surface area contributed by atoms with Crippen LogP contribution in [0.15, 0.2) is 0 Å². The number of piperidine rings is 1. The van der Waals surface area contributed by atoms with E-state index in [2.05, 4.69) is 24.1 Å². The van der Waals surface area contributed by atoms with Gasteiger partial charge in [0.05, 0.1) is 12.6 Å². The fourth-order valence-electron chi connectivity index (χ4n) is 2.19. The first-order valence-corrected chi connectivity index (χ1v) is 6.66. The molecule has 0 bridgehead atoms. The molecule has 0 aliphatic carbocycles. The highest BCUT2D eigenvalue weighted by Crippen LogP contribution is 2.20. The van der Waals surface area contributed by atoms with Crippen molar-refractivity contribution >= 4 is 5.91 Å². The Bertz CT molecular complexity index is 223. The molecule has 0 unspecified atom stereocenters. The maximum atomic E-state index is 11.2. The van der Waals surface area contributed by atoms with Crippen molar-refractivity contribution in [3.05, 3.63) is 0 Å². The van der Waals surface area contributed by atoms with Gasteiger partial charge >= 0.3 is 0 Å². The number of hydrogen-bond donors (Lipinski definition) is 1. The summed E-state index contributed by atoms with van der Waals surface area (Å²) in [4.78, 5) is 13.5. The van der Waals surface area contributed by atoms with Gasteiger partial charge in [0.1, 0.15) is 0 Å². The van der Waals surface area contributed by atoms with E-state index >= 15 is 0 Å². The van der Waals surface area contributed by atoms with E-state index in [1.165, 1.54) is 12.8 Å². The van der Waals surface area contributed by atoms with E-state index < -0.39 is 0 Å². The number of ether oxygens (including phenoxy) is 1. The molecular weight excluding hydrogens is 216 g/mol. The average Bonchev–Trinajstić information content (AvgIpc) is 2.31. The molecular formula is C13H26N2O2. The molecule has 1 fully saturated rings. The summed E-state index contributed by atoms with van der Waals surface area (Å²) >= 11 is 0. The molecule has 1 aliphatic heterocycles. The Morgan fingerprint density at radius 1 is 1.41 bits per heavy atom.